The van der Waals surface area contributed by atoms with Crippen molar-refractivity contribution in [3.63, 3.8) is 0 Å². The SMILES string of the molecule is CCc1ccc(NCC2CCC3(CCCCC3)O2)cc1. The van der Waals surface area contributed by atoms with Crippen LogP contribution in [0.25, 0.3) is 0 Å². The van der Waals surface area contributed by atoms with Crippen molar-refractivity contribution in [2.75, 3.05) is 11.9 Å². The minimum atomic E-state index is 0.247. The van der Waals surface area contributed by atoms with Crippen LogP contribution in [0.5, 0.6) is 0 Å². The molecule has 1 spiro atoms. The number of aryl methyl sites for hydroxylation is 1. The monoisotopic (exact) mass is 273 g/mol. The third-order valence-corrected chi connectivity index (χ3v) is 5.00. The number of hydrogen-bond donors (Lipinski definition) is 1. The molecule has 1 atom stereocenters. The molecule has 1 saturated carbocycles. The molecular weight excluding hydrogens is 246 g/mol. The average molecular weight is 273 g/mol. The molecule has 2 heteroatoms. The van der Waals surface area contributed by atoms with Gasteiger partial charge in [-0.05, 0) is 49.8 Å². The molecule has 1 aromatic rings. The highest BCUT2D eigenvalue weighted by Crippen LogP contribution is 2.41. The van der Waals surface area contributed by atoms with Gasteiger partial charge in [-0.15, -0.1) is 0 Å². The molecule has 0 amide bonds. The molecule has 2 fully saturated rings. The molecule has 0 radical (unpaired) electrons. The zero-order valence-electron chi connectivity index (χ0n) is 12.7. The van der Waals surface area contributed by atoms with Crippen molar-refractivity contribution in [2.45, 2.75) is 70.0 Å². The summed E-state index contributed by atoms with van der Waals surface area (Å²) in [6, 6.07) is 8.79. The van der Waals surface area contributed by atoms with E-state index in [0.717, 1.165) is 13.0 Å². The van der Waals surface area contributed by atoms with Crippen LogP contribution in [0.15, 0.2) is 24.3 Å². The molecular formula is C18H27NO. The van der Waals surface area contributed by atoms with Gasteiger partial charge in [0.05, 0.1) is 11.7 Å². The number of benzene rings is 1. The van der Waals surface area contributed by atoms with Crippen LogP contribution >= 0.6 is 0 Å². The van der Waals surface area contributed by atoms with E-state index in [4.69, 9.17) is 4.74 Å². The fourth-order valence-corrected chi connectivity index (χ4v) is 3.69. The smallest absolute Gasteiger partial charge is 0.0756 e. The predicted molar refractivity (Wildman–Crippen MR) is 84.2 cm³/mol. The van der Waals surface area contributed by atoms with E-state index in [1.54, 1.807) is 0 Å². The maximum absolute atomic E-state index is 6.39. The molecule has 1 heterocycles. The maximum Gasteiger partial charge on any atom is 0.0756 e. The molecule has 2 aliphatic rings. The van der Waals surface area contributed by atoms with Crippen LogP contribution in [0.3, 0.4) is 0 Å². The minimum absolute atomic E-state index is 0.247. The zero-order valence-corrected chi connectivity index (χ0v) is 12.7. The van der Waals surface area contributed by atoms with E-state index in [9.17, 15) is 0 Å². The van der Waals surface area contributed by atoms with Gasteiger partial charge in [-0.25, -0.2) is 0 Å². The summed E-state index contributed by atoms with van der Waals surface area (Å²) >= 11 is 0. The van der Waals surface area contributed by atoms with Crippen molar-refractivity contribution in [1.82, 2.24) is 0 Å². The minimum Gasteiger partial charge on any atom is -0.382 e. The quantitative estimate of drug-likeness (QED) is 0.869. The highest BCUT2D eigenvalue weighted by Gasteiger charge is 2.40. The van der Waals surface area contributed by atoms with E-state index in [-0.39, 0.29) is 5.60 Å². The second-order valence-electron chi connectivity index (χ2n) is 6.45. The lowest BCUT2D eigenvalue weighted by atomic mass is 9.83. The van der Waals surface area contributed by atoms with Crippen LogP contribution in [-0.2, 0) is 11.2 Å². The van der Waals surface area contributed by atoms with E-state index in [2.05, 4.69) is 36.5 Å². The summed E-state index contributed by atoms with van der Waals surface area (Å²) in [5, 5.41) is 3.53. The Hall–Kier alpha value is -1.02. The summed E-state index contributed by atoms with van der Waals surface area (Å²) in [7, 11) is 0. The Morgan fingerprint density at radius 2 is 1.85 bits per heavy atom. The van der Waals surface area contributed by atoms with Gasteiger partial charge in [0.25, 0.3) is 0 Å². The first-order valence-electron chi connectivity index (χ1n) is 8.30. The van der Waals surface area contributed by atoms with Gasteiger partial charge in [0, 0.05) is 12.2 Å². The fraction of sp³-hybridized carbons (Fsp3) is 0.667. The van der Waals surface area contributed by atoms with E-state index in [1.807, 2.05) is 0 Å². The van der Waals surface area contributed by atoms with Gasteiger partial charge in [-0.2, -0.15) is 0 Å². The Kier molecular flexibility index (Phi) is 4.30. The highest BCUT2D eigenvalue weighted by molar-refractivity contribution is 5.44. The van der Waals surface area contributed by atoms with Gasteiger partial charge < -0.3 is 10.1 Å². The number of nitrogens with one attached hydrogen (secondary N) is 1. The molecule has 110 valence electrons. The van der Waals surface area contributed by atoms with Gasteiger partial charge >= 0.3 is 0 Å². The lowest BCUT2D eigenvalue weighted by Crippen LogP contribution is -2.33. The highest BCUT2D eigenvalue weighted by atomic mass is 16.5. The van der Waals surface area contributed by atoms with Crippen molar-refractivity contribution in [3.05, 3.63) is 29.8 Å². The van der Waals surface area contributed by atoms with Crippen molar-refractivity contribution in [1.29, 1.82) is 0 Å². The largest absolute Gasteiger partial charge is 0.382 e. The van der Waals surface area contributed by atoms with E-state index >= 15 is 0 Å². The van der Waals surface area contributed by atoms with Crippen LogP contribution in [0.1, 0.15) is 57.4 Å². The number of anilines is 1. The second kappa shape index (κ2) is 6.17. The molecule has 1 saturated heterocycles. The summed E-state index contributed by atoms with van der Waals surface area (Å²) in [5.74, 6) is 0. The molecule has 20 heavy (non-hydrogen) atoms. The van der Waals surface area contributed by atoms with Crippen LogP contribution in [0, 0.1) is 0 Å². The molecule has 3 rings (SSSR count). The van der Waals surface area contributed by atoms with Gasteiger partial charge in [0.15, 0.2) is 0 Å². The Morgan fingerprint density at radius 1 is 1.10 bits per heavy atom. The average Bonchev–Trinajstić information content (AvgIpc) is 2.89. The molecule has 0 bridgehead atoms. The lowest BCUT2D eigenvalue weighted by molar-refractivity contribution is -0.0588. The molecule has 1 unspecified atom stereocenters. The Bertz CT molecular complexity index is 420. The summed E-state index contributed by atoms with van der Waals surface area (Å²) in [6.45, 7) is 3.14. The van der Waals surface area contributed by atoms with Gasteiger partial charge in [0.2, 0.25) is 0 Å². The van der Waals surface area contributed by atoms with Crippen LogP contribution in [0.4, 0.5) is 5.69 Å². The first kappa shape index (κ1) is 13.9. The number of ether oxygens (including phenoxy) is 1. The molecule has 1 N–H and O–H groups in total. The standard InChI is InChI=1S/C18H27NO/c1-2-15-6-8-16(9-7-15)19-14-17-10-13-18(20-17)11-4-3-5-12-18/h6-9,17,19H,2-5,10-14H2,1H3. The maximum atomic E-state index is 6.39. The van der Waals surface area contributed by atoms with Crippen molar-refractivity contribution < 1.29 is 4.74 Å². The molecule has 1 aliphatic carbocycles. The summed E-state index contributed by atoms with van der Waals surface area (Å²) in [5.41, 5.74) is 2.86. The number of hydrogen-bond acceptors (Lipinski definition) is 2. The van der Waals surface area contributed by atoms with Gasteiger partial charge in [-0.3, -0.25) is 0 Å². The van der Waals surface area contributed by atoms with Gasteiger partial charge in [-0.1, -0.05) is 38.3 Å². The first-order valence-corrected chi connectivity index (χ1v) is 8.30. The van der Waals surface area contributed by atoms with E-state index in [0.29, 0.717) is 6.10 Å². The molecule has 1 aromatic carbocycles. The Balaban J connectivity index is 1.49. The van der Waals surface area contributed by atoms with Crippen LogP contribution < -0.4 is 5.32 Å². The second-order valence-corrected chi connectivity index (χ2v) is 6.45. The Labute approximate surface area is 122 Å². The number of rotatable bonds is 4. The van der Waals surface area contributed by atoms with Crippen molar-refractivity contribution in [3.8, 4) is 0 Å². The summed E-state index contributed by atoms with van der Waals surface area (Å²) < 4.78 is 6.39. The third-order valence-electron chi connectivity index (χ3n) is 5.00. The van der Waals surface area contributed by atoms with Crippen LogP contribution in [0.2, 0.25) is 0 Å². The topological polar surface area (TPSA) is 21.3 Å². The lowest BCUT2D eigenvalue weighted by Gasteiger charge is -2.33. The molecule has 1 aliphatic heterocycles. The summed E-state index contributed by atoms with van der Waals surface area (Å²) in [6.07, 6.45) is 10.7. The van der Waals surface area contributed by atoms with E-state index < -0.39 is 0 Å². The molecule has 2 nitrogen and oxygen atoms in total. The Morgan fingerprint density at radius 3 is 2.55 bits per heavy atom. The molecule has 0 aromatic heterocycles. The first-order chi connectivity index (χ1) is 9.80. The van der Waals surface area contributed by atoms with Crippen LogP contribution in [-0.4, -0.2) is 18.2 Å². The zero-order chi connectivity index (χ0) is 13.8. The van der Waals surface area contributed by atoms with Gasteiger partial charge in [0.1, 0.15) is 0 Å². The van der Waals surface area contributed by atoms with Crippen molar-refractivity contribution >= 4 is 5.69 Å². The third kappa shape index (κ3) is 3.17. The summed E-state index contributed by atoms with van der Waals surface area (Å²) in [4.78, 5) is 0. The van der Waals surface area contributed by atoms with E-state index in [1.165, 1.54) is 56.2 Å². The van der Waals surface area contributed by atoms with Crippen molar-refractivity contribution in [2.24, 2.45) is 0 Å². The fourth-order valence-electron chi connectivity index (χ4n) is 3.69. The predicted octanol–water partition coefficient (Wildman–Crippen LogP) is 4.54. The normalized spacial score (nSPS) is 24.9.